The highest BCUT2D eigenvalue weighted by Crippen LogP contribution is 2.31. The Morgan fingerprint density at radius 3 is 2.25 bits per heavy atom. The second-order valence-electron chi connectivity index (χ2n) is 4.76. The summed E-state index contributed by atoms with van der Waals surface area (Å²) in [5.74, 6) is 0. The first-order chi connectivity index (χ1) is 9.75. The molecule has 0 bridgehead atoms. The largest absolute Gasteiger partial charge is 0.257 e. The summed E-state index contributed by atoms with van der Waals surface area (Å²) in [7, 11) is 0. The average Bonchev–Trinajstić information content (AvgIpc) is 2.94. The van der Waals surface area contributed by atoms with Crippen molar-refractivity contribution in [3.8, 4) is 0 Å². The van der Waals surface area contributed by atoms with Gasteiger partial charge >= 0.3 is 0 Å². The van der Waals surface area contributed by atoms with Crippen LogP contribution in [0.1, 0.15) is 12.0 Å². The Labute approximate surface area is 124 Å². The molecule has 0 N–H and O–H groups in total. The van der Waals surface area contributed by atoms with Crippen LogP contribution in [0.4, 0.5) is 5.69 Å². The maximum Gasteiger partial charge on any atom is 0.0931 e. The van der Waals surface area contributed by atoms with Gasteiger partial charge in [-0.15, -0.1) is 0 Å². The van der Waals surface area contributed by atoms with E-state index in [4.69, 9.17) is 16.7 Å². The molecule has 0 saturated heterocycles. The highest BCUT2D eigenvalue weighted by Gasteiger charge is 2.29. The van der Waals surface area contributed by atoms with Gasteiger partial charge < -0.3 is 0 Å². The van der Waals surface area contributed by atoms with Gasteiger partial charge in [-0.1, -0.05) is 66.7 Å². The van der Waals surface area contributed by atoms with Crippen molar-refractivity contribution in [1.82, 2.24) is 0 Å². The molecule has 1 atom stereocenters. The lowest BCUT2D eigenvalue weighted by Gasteiger charge is -2.22. The highest BCUT2D eigenvalue weighted by molar-refractivity contribution is 6.30. The molecule has 0 fully saturated rings. The van der Waals surface area contributed by atoms with Crippen molar-refractivity contribution in [1.29, 1.82) is 0 Å². The van der Waals surface area contributed by atoms with Gasteiger partial charge in [0.05, 0.1) is 17.4 Å². The predicted octanol–water partition coefficient (Wildman–Crippen LogP) is 4.42. The smallest absolute Gasteiger partial charge is 0.0931 e. The number of hydrogen-bond donors (Lipinski definition) is 0. The summed E-state index contributed by atoms with van der Waals surface area (Å²) >= 11 is 6.17. The van der Waals surface area contributed by atoms with Crippen molar-refractivity contribution in [3.05, 3.63) is 77.8 Å². The molecule has 1 aliphatic heterocycles. The van der Waals surface area contributed by atoms with E-state index in [0.29, 0.717) is 5.03 Å². The topological polar surface area (TPSA) is 15.6 Å². The molecule has 3 rings (SSSR count). The molecule has 20 heavy (non-hydrogen) atoms. The minimum Gasteiger partial charge on any atom is -0.257 e. The molecule has 2 aromatic carbocycles. The Morgan fingerprint density at radius 2 is 1.65 bits per heavy atom. The third-order valence-corrected chi connectivity index (χ3v) is 3.65. The van der Waals surface area contributed by atoms with Gasteiger partial charge in [-0.05, 0) is 17.7 Å². The van der Waals surface area contributed by atoms with Crippen LogP contribution < -0.4 is 5.01 Å². The minimum absolute atomic E-state index is 0.00859. The molecule has 1 unspecified atom stereocenters. The van der Waals surface area contributed by atoms with Crippen LogP contribution in [0.5, 0.6) is 0 Å². The van der Waals surface area contributed by atoms with Crippen LogP contribution in [0.15, 0.2) is 77.4 Å². The van der Waals surface area contributed by atoms with Crippen molar-refractivity contribution >= 4 is 23.0 Å². The van der Waals surface area contributed by atoms with E-state index in [1.165, 1.54) is 0 Å². The lowest BCUT2D eigenvalue weighted by atomic mass is 10.0. The number of hydrazone groups is 1. The maximum absolute atomic E-state index is 6.17. The monoisotopic (exact) mass is 282 g/mol. The van der Waals surface area contributed by atoms with E-state index in [2.05, 4.69) is 18.7 Å². The Bertz CT molecular complexity index is 635. The van der Waals surface area contributed by atoms with Gasteiger partial charge in [-0.3, -0.25) is 5.01 Å². The molecule has 0 spiro atoms. The third kappa shape index (κ3) is 2.47. The molecule has 2 aromatic rings. The standard InChI is InChI=1S/C17H15ClN2/c1-13(18)17-12-16(14-8-4-2-5-9-14)19-20(17)15-10-6-3-7-11-15/h2-11,17H,1,12H2. The number of para-hydroxylation sites is 1. The van der Waals surface area contributed by atoms with Gasteiger partial charge in [-0.25, -0.2) is 0 Å². The Hall–Kier alpha value is -2.06. The summed E-state index contributed by atoms with van der Waals surface area (Å²) in [6.45, 7) is 3.89. The van der Waals surface area contributed by atoms with Crippen LogP contribution in [-0.4, -0.2) is 11.8 Å². The average molecular weight is 283 g/mol. The normalized spacial score (nSPS) is 17.9. The van der Waals surface area contributed by atoms with Crippen LogP contribution in [0.2, 0.25) is 0 Å². The number of halogens is 1. The van der Waals surface area contributed by atoms with Crippen molar-refractivity contribution in [2.75, 3.05) is 5.01 Å². The van der Waals surface area contributed by atoms with Crippen LogP contribution in [0.3, 0.4) is 0 Å². The first kappa shape index (κ1) is 12.9. The van der Waals surface area contributed by atoms with Crippen molar-refractivity contribution in [3.63, 3.8) is 0 Å². The lowest BCUT2D eigenvalue weighted by Crippen LogP contribution is -2.26. The highest BCUT2D eigenvalue weighted by atomic mass is 35.5. The van der Waals surface area contributed by atoms with Crippen molar-refractivity contribution in [2.45, 2.75) is 12.5 Å². The van der Waals surface area contributed by atoms with E-state index in [-0.39, 0.29) is 6.04 Å². The SMILES string of the molecule is C=C(Cl)C1CC(c2ccccc2)=NN1c1ccccc1. The summed E-state index contributed by atoms with van der Waals surface area (Å²) in [6, 6.07) is 20.3. The molecule has 100 valence electrons. The zero-order valence-electron chi connectivity index (χ0n) is 11.0. The van der Waals surface area contributed by atoms with Crippen molar-refractivity contribution < 1.29 is 0 Å². The van der Waals surface area contributed by atoms with E-state index in [1.807, 2.05) is 53.5 Å². The number of benzene rings is 2. The van der Waals surface area contributed by atoms with Crippen molar-refractivity contribution in [2.24, 2.45) is 5.10 Å². The van der Waals surface area contributed by atoms with Gasteiger partial charge in [-0.2, -0.15) is 5.10 Å². The fraction of sp³-hybridized carbons (Fsp3) is 0.118. The van der Waals surface area contributed by atoms with Gasteiger partial charge in [0.2, 0.25) is 0 Å². The molecule has 0 aliphatic carbocycles. The summed E-state index contributed by atoms with van der Waals surface area (Å²) < 4.78 is 0. The summed E-state index contributed by atoms with van der Waals surface area (Å²) in [5.41, 5.74) is 3.21. The second kappa shape index (κ2) is 5.51. The number of hydrogen-bond acceptors (Lipinski definition) is 2. The molecular weight excluding hydrogens is 268 g/mol. The molecule has 0 amide bonds. The van der Waals surface area contributed by atoms with Crippen LogP contribution in [-0.2, 0) is 0 Å². The number of rotatable bonds is 3. The Balaban J connectivity index is 1.98. The zero-order chi connectivity index (χ0) is 13.9. The molecular formula is C17H15ClN2. The van der Waals surface area contributed by atoms with Gasteiger partial charge in [0.1, 0.15) is 0 Å². The maximum atomic E-state index is 6.17. The first-order valence-electron chi connectivity index (χ1n) is 6.57. The minimum atomic E-state index is 0.00859. The lowest BCUT2D eigenvalue weighted by molar-refractivity contribution is 0.778. The number of anilines is 1. The molecule has 3 heteroatoms. The fourth-order valence-corrected chi connectivity index (χ4v) is 2.55. The quantitative estimate of drug-likeness (QED) is 0.813. The molecule has 1 heterocycles. The Kier molecular flexibility index (Phi) is 3.57. The van der Waals surface area contributed by atoms with E-state index >= 15 is 0 Å². The summed E-state index contributed by atoms with van der Waals surface area (Å²) in [5, 5.41) is 7.31. The molecule has 2 nitrogen and oxygen atoms in total. The van der Waals surface area contributed by atoms with E-state index in [0.717, 1.165) is 23.4 Å². The second-order valence-corrected chi connectivity index (χ2v) is 5.25. The molecule has 0 aromatic heterocycles. The molecule has 1 aliphatic rings. The van der Waals surface area contributed by atoms with Gasteiger partial charge in [0.15, 0.2) is 0 Å². The molecule has 0 radical (unpaired) electrons. The van der Waals surface area contributed by atoms with E-state index in [9.17, 15) is 0 Å². The van der Waals surface area contributed by atoms with Crippen LogP contribution in [0, 0.1) is 0 Å². The van der Waals surface area contributed by atoms with E-state index in [1.54, 1.807) is 0 Å². The number of nitrogens with zero attached hydrogens (tertiary/aromatic N) is 2. The summed E-state index contributed by atoms with van der Waals surface area (Å²) in [6.07, 6.45) is 0.779. The van der Waals surface area contributed by atoms with Crippen LogP contribution >= 0.6 is 11.6 Å². The first-order valence-corrected chi connectivity index (χ1v) is 6.95. The third-order valence-electron chi connectivity index (χ3n) is 3.40. The molecule has 0 saturated carbocycles. The Morgan fingerprint density at radius 1 is 1.05 bits per heavy atom. The fourth-order valence-electron chi connectivity index (χ4n) is 2.38. The predicted molar refractivity (Wildman–Crippen MR) is 85.3 cm³/mol. The summed E-state index contributed by atoms with van der Waals surface area (Å²) in [4.78, 5) is 0. The van der Waals surface area contributed by atoms with Gasteiger partial charge in [0, 0.05) is 11.5 Å². The van der Waals surface area contributed by atoms with Crippen LogP contribution in [0.25, 0.3) is 0 Å². The van der Waals surface area contributed by atoms with Gasteiger partial charge in [0.25, 0.3) is 0 Å². The zero-order valence-corrected chi connectivity index (χ0v) is 11.8. The van der Waals surface area contributed by atoms with E-state index < -0.39 is 0 Å².